The Hall–Kier alpha value is -2.61. The largest absolute Gasteiger partial charge is 0.488 e. The van der Waals surface area contributed by atoms with Gasteiger partial charge in [-0.2, -0.15) is 0 Å². The molecule has 5 rings (SSSR count). The molecular weight excluding hydrogens is 540 g/mol. The summed E-state index contributed by atoms with van der Waals surface area (Å²) in [5.74, 6) is 2.14. The quantitative estimate of drug-likeness (QED) is 0.339. The van der Waals surface area contributed by atoms with E-state index in [9.17, 15) is 4.79 Å². The fourth-order valence-electron chi connectivity index (χ4n) is 3.78. The number of ketones is 1. The second-order valence-corrected chi connectivity index (χ2v) is 9.25. The maximum atomic E-state index is 12.9. The molecule has 32 heavy (non-hydrogen) atoms. The Morgan fingerprint density at radius 1 is 1.09 bits per heavy atom. The minimum Gasteiger partial charge on any atom is -0.488 e. The minimum atomic E-state index is -0.139. The summed E-state index contributed by atoms with van der Waals surface area (Å²) in [6.45, 7) is 2.93. The van der Waals surface area contributed by atoms with E-state index >= 15 is 0 Å². The molecule has 0 bridgehead atoms. The number of carbonyl (C=O) groups is 1. The van der Waals surface area contributed by atoms with E-state index in [2.05, 4.69) is 31.9 Å². The second kappa shape index (κ2) is 8.73. The maximum absolute atomic E-state index is 12.9. The highest BCUT2D eigenvalue weighted by atomic mass is 79.9. The zero-order valence-electron chi connectivity index (χ0n) is 17.1. The fraction of sp³-hybridized carbons (Fsp3) is 0.160. The fourth-order valence-corrected chi connectivity index (χ4v) is 4.73. The van der Waals surface area contributed by atoms with Gasteiger partial charge in [0.15, 0.2) is 12.6 Å². The summed E-state index contributed by atoms with van der Waals surface area (Å²) in [6, 6.07) is 15.2. The highest BCUT2D eigenvalue weighted by Gasteiger charge is 2.30. The number of Topliss-reactive ketones (excluding diaryl/α,β-unsaturated/α-hetero) is 1. The molecular formula is C25H18Br2O5. The lowest BCUT2D eigenvalue weighted by Crippen LogP contribution is -2.14. The van der Waals surface area contributed by atoms with E-state index in [1.54, 1.807) is 12.1 Å². The summed E-state index contributed by atoms with van der Waals surface area (Å²) in [7, 11) is 0. The van der Waals surface area contributed by atoms with Gasteiger partial charge in [-0.3, -0.25) is 4.79 Å². The van der Waals surface area contributed by atoms with Gasteiger partial charge in [-0.1, -0.05) is 50.1 Å². The van der Waals surface area contributed by atoms with Gasteiger partial charge < -0.3 is 18.9 Å². The average Bonchev–Trinajstić information content (AvgIpc) is 3.11. The van der Waals surface area contributed by atoms with Gasteiger partial charge in [-0.25, -0.2) is 0 Å². The third-order valence-electron chi connectivity index (χ3n) is 5.36. The number of halogens is 2. The highest BCUT2D eigenvalue weighted by Crippen LogP contribution is 2.40. The molecule has 0 spiro atoms. The summed E-state index contributed by atoms with van der Waals surface area (Å²) in [5, 5.41) is 0. The first-order valence-electron chi connectivity index (χ1n) is 9.98. The van der Waals surface area contributed by atoms with Crippen LogP contribution < -0.4 is 14.2 Å². The van der Waals surface area contributed by atoms with Crippen molar-refractivity contribution in [3.8, 4) is 17.2 Å². The van der Waals surface area contributed by atoms with Crippen molar-refractivity contribution in [3.63, 3.8) is 0 Å². The highest BCUT2D eigenvalue weighted by molar-refractivity contribution is 9.10. The molecule has 7 heteroatoms. The van der Waals surface area contributed by atoms with Crippen LogP contribution in [0.5, 0.6) is 17.2 Å². The van der Waals surface area contributed by atoms with Crippen LogP contribution >= 0.6 is 31.9 Å². The number of hydrogen-bond donors (Lipinski definition) is 0. The van der Waals surface area contributed by atoms with Crippen molar-refractivity contribution >= 4 is 43.7 Å². The molecule has 0 atom stereocenters. The average molecular weight is 558 g/mol. The molecule has 0 aliphatic carbocycles. The van der Waals surface area contributed by atoms with Gasteiger partial charge in [-0.05, 0) is 48.9 Å². The van der Waals surface area contributed by atoms with Crippen molar-refractivity contribution in [2.45, 2.75) is 20.1 Å². The summed E-state index contributed by atoms with van der Waals surface area (Å²) < 4.78 is 25.0. The van der Waals surface area contributed by atoms with Crippen LogP contribution in [0.3, 0.4) is 0 Å². The third-order valence-corrected chi connectivity index (χ3v) is 6.54. The lowest BCUT2D eigenvalue weighted by molar-refractivity contribution is -0.0176. The molecule has 162 valence electrons. The zero-order chi connectivity index (χ0) is 22.2. The van der Waals surface area contributed by atoms with Gasteiger partial charge in [0.1, 0.15) is 23.9 Å². The number of carbonyl (C=O) groups excluding carboxylic acids is 1. The Morgan fingerprint density at radius 2 is 1.94 bits per heavy atom. The SMILES string of the molecule is Cc1c(OCc2cc(Br)cc3c2OCOC3)ccc2c1O/C(=C\c1ccccc1Br)C2=O. The Kier molecular flexibility index (Phi) is 5.80. The van der Waals surface area contributed by atoms with E-state index in [1.165, 1.54) is 0 Å². The van der Waals surface area contributed by atoms with E-state index in [0.29, 0.717) is 36.0 Å². The molecule has 2 aliphatic rings. The van der Waals surface area contributed by atoms with Crippen molar-refractivity contribution in [2.75, 3.05) is 6.79 Å². The van der Waals surface area contributed by atoms with Crippen molar-refractivity contribution < 1.29 is 23.7 Å². The molecule has 0 radical (unpaired) electrons. The van der Waals surface area contributed by atoms with E-state index in [1.807, 2.05) is 49.4 Å². The molecule has 5 nitrogen and oxygen atoms in total. The Labute approximate surface area is 202 Å². The Balaban J connectivity index is 1.40. The predicted octanol–water partition coefficient (Wildman–Crippen LogP) is 6.58. The van der Waals surface area contributed by atoms with E-state index in [-0.39, 0.29) is 12.6 Å². The van der Waals surface area contributed by atoms with Crippen molar-refractivity contribution in [1.29, 1.82) is 0 Å². The smallest absolute Gasteiger partial charge is 0.231 e. The first-order chi connectivity index (χ1) is 15.5. The number of allylic oxidation sites excluding steroid dienone is 1. The van der Waals surface area contributed by atoms with Gasteiger partial charge in [0, 0.05) is 25.6 Å². The molecule has 3 aromatic rings. The lowest BCUT2D eigenvalue weighted by atomic mass is 10.1. The van der Waals surface area contributed by atoms with Crippen LogP contribution in [-0.2, 0) is 18.0 Å². The van der Waals surface area contributed by atoms with Crippen molar-refractivity contribution in [2.24, 2.45) is 0 Å². The molecule has 0 unspecified atom stereocenters. The number of ether oxygens (including phenoxy) is 4. The van der Waals surface area contributed by atoms with Crippen LogP contribution in [0.4, 0.5) is 0 Å². The Bertz CT molecular complexity index is 1270. The van der Waals surface area contributed by atoms with E-state index < -0.39 is 0 Å². The molecule has 0 fully saturated rings. The molecule has 0 N–H and O–H groups in total. The standard InChI is InChI=1S/C25H18Br2O5/c1-14-21(30-12-17-9-18(26)8-16-11-29-13-31-25(16)17)7-6-19-23(28)22(32-24(14)19)10-15-4-2-3-5-20(15)27/h2-10H,11-13H2,1H3/b22-10-. The molecule has 2 heterocycles. The summed E-state index contributed by atoms with van der Waals surface area (Å²) in [4.78, 5) is 12.9. The molecule has 0 saturated heterocycles. The third kappa shape index (κ3) is 3.96. The molecule has 0 amide bonds. The number of fused-ring (bicyclic) bond motifs is 2. The van der Waals surface area contributed by atoms with E-state index in [4.69, 9.17) is 18.9 Å². The molecule has 3 aromatic carbocycles. The van der Waals surface area contributed by atoms with Crippen LogP contribution in [0.1, 0.15) is 32.6 Å². The topological polar surface area (TPSA) is 54.0 Å². The van der Waals surface area contributed by atoms with Gasteiger partial charge in [-0.15, -0.1) is 0 Å². The lowest BCUT2D eigenvalue weighted by Gasteiger charge is -2.21. The first-order valence-corrected chi connectivity index (χ1v) is 11.6. The molecule has 2 aliphatic heterocycles. The molecule has 0 aromatic heterocycles. The normalized spacial score (nSPS) is 15.7. The van der Waals surface area contributed by atoms with Gasteiger partial charge in [0.05, 0.1) is 12.2 Å². The van der Waals surface area contributed by atoms with Crippen LogP contribution in [0.25, 0.3) is 6.08 Å². The van der Waals surface area contributed by atoms with Gasteiger partial charge in [0.25, 0.3) is 0 Å². The van der Waals surface area contributed by atoms with Crippen LogP contribution in [0.2, 0.25) is 0 Å². The number of rotatable bonds is 4. The maximum Gasteiger partial charge on any atom is 0.231 e. The zero-order valence-corrected chi connectivity index (χ0v) is 20.3. The second-order valence-electron chi connectivity index (χ2n) is 7.48. The Morgan fingerprint density at radius 3 is 2.78 bits per heavy atom. The summed E-state index contributed by atoms with van der Waals surface area (Å²) in [6.07, 6.45) is 1.75. The van der Waals surface area contributed by atoms with Gasteiger partial charge >= 0.3 is 0 Å². The number of benzene rings is 3. The predicted molar refractivity (Wildman–Crippen MR) is 127 cm³/mol. The summed E-state index contributed by atoms with van der Waals surface area (Å²) in [5.41, 5.74) is 4.09. The number of hydrogen-bond acceptors (Lipinski definition) is 5. The van der Waals surface area contributed by atoms with Crippen molar-refractivity contribution in [3.05, 3.63) is 91.1 Å². The van der Waals surface area contributed by atoms with Crippen LogP contribution in [0.15, 0.2) is 63.2 Å². The van der Waals surface area contributed by atoms with Crippen LogP contribution in [-0.4, -0.2) is 12.6 Å². The summed E-state index contributed by atoms with van der Waals surface area (Å²) >= 11 is 7.04. The van der Waals surface area contributed by atoms with Crippen LogP contribution in [0, 0.1) is 6.92 Å². The monoisotopic (exact) mass is 556 g/mol. The van der Waals surface area contributed by atoms with Gasteiger partial charge in [0.2, 0.25) is 5.78 Å². The minimum absolute atomic E-state index is 0.139. The first kappa shape index (κ1) is 21.2. The van der Waals surface area contributed by atoms with E-state index in [0.717, 1.165) is 36.9 Å². The molecule has 0 saturated carbocycles. The van der Waals surface area contributed by atoms with Crippen molar-refractivity contribution in [1.82, 2.24) is 0 Å².